The third kappa shape index (κ3) is 3.63. The summed E-state index contributed by atoms with van der Waals surface area (Å²) in [5.41, 5.74) is 1.56. The first kappa shape index (κ1) is 14.2. The van der Waals surface area contributed by atoms with E-state index in [4.69, 9.17) is 5.11 Å². The summed E-state index contributed by atoms with van der Waals surface area (Å²) in [6.45, 7) is 2.01. The average Bonchev–Trinajstić information content (AvgIpc) is 2.88. The summed E-state index contributed by atoms with van der Waals surface area (Å²) < 4.78 is 0. The highest BCUT2D eigenvalue weighted by molar-refractivity contribution is 7.09. The molecule has 0 fully saturated rings. The highest BCUT2D eigenvalue weighted by atomic mass is 32.1. The number of aromatic nitrogens is 2. The Balaban J connectivity index is 2.09. The molecule has 5 nitrogen and oxygen atoms in total. The van der Waals surface area contributed by atoms with Crippen molar-refractivity contribution in [1.29, 1.82) is 0 Å². The molecule has 20 heavy (non-hydrogen) atoms. The van der Waals surface area contributed by atoms with Gasteiger partial charge in [-0.3, -0.25) is 4.79 Å². The van der Waals surface area contributed by atoms with Gasteiger partial charge in [0, 0.05) is 11.6 Å². The SMILES string of the molecule is Cc1nc(CNC(=O)c2ncccc2C#CCO)cs1. The lowest BCUT2D eigenvalue weighted by molar-refractivity contribution is 0.0945. The van der Waals surface area contributed by atoms with Crippen LogP contribution in [0, 0.1) is 18.8 Å². The van der Waals surface area contributed by atoms with Gasteiger partial charge in [0.25, 0.3) is 5.91 Å². The van der Waals surface area contributed by atoms with E-state index in [1.807, 2.05) is 12.3 Å². The van der Waals surface area contributed by atoms with Gasteiger partial charge < -0.3 is 10.4 Å². The maximum Gasteiger partial charge on any atom is 0.271 e. The molecule has 2 aromatic rings. The van der Waals surface area contributed by atoms with Crippen LogP contribution in [-0.4, -0.2) is 27.6 Å². The molecule has 0 atom stereocenters. The summed E-state index contributed by atoms with van der Waals surface area (Å²) in [5.74, 6) is 4.91. The number of carbonyl (C=O) groups is 1. The zero-order valence-corrected chi connectivity index (χ0v) is 11.7. The van der Waals surface area contributed by atoms with Crippen molar-refractivity contribution in [2.75, 3.05) is 6.61 Å². The minimum Gasteiger partial charge on any atom is -0.384 e. The van der Waals surface area contributed by atoms with E-state index in [1.165, 1.54) is 17.5 Å². The van der Waals surface area contributed by atoms with Crippen LogP contribution in [0.25, 0.3) is 0 Å². The Morgan fingerprint density at radius 1 is 1.55 bits per heavy atom. The predicted octanol–water partition coefficient (Wildman–Crippen LogP) is 1.12. The zero-order chi connectivity index (χ0) is 14.4. The first-order valence-corrected chi connectivity index (χ1v) is 6.82. The standard InChI is InChI=1S/C14H13N3O2S/c1-10-17-12(9-20-10)8-16-14(19)13-11(5-3-7-18)4-2-6-15-13/h2,4,6,9,18H,7-8H2,1H3,(H,16,19). The molecule has 6 heteroatoms. The predicted molar refractivity (Wildman–Crippen MR) is 76.2 cm³/mol. The topological polar surface area (TPSA) is 75.1 Å². The fourth-order valence-corrected chi connectivity index (χ4v) is 2.18. The number of nitrogens with one attached hydrogen (secondary N) is 1. The van der Waals surface area contributed by atoms with Gasteiger partial charge in [-0.1, -0.05) is 11.8 Å². The van der Waals surface area contributed by atoms with E-state index in [1.54, 1.807) is 12.1 Å². The maximum absolute atomic E-state index is 12.1. The number of amides is 1. The van der Waals surface area contributed by atoms with Crippen LogP contribution in [0.5, 0.6) is 0 Å². The Morgan fingerprint density at radius 2 is 2.40 bits per heavy atom. The minimum atomic E-state index is -0.307. The molecule has 0 aliphatic heterocycles. The first-order chi connectivity index (χ1) is 9.70. The average molecular weight is 287 g/mol. The second kappa shape index (κ2) is 6.80. The number of pyridine rings is 1. The molecular weight excluding hydrogens is 274 g/mol. The van der Waals surface area contributed by atoms with Gasteiger partial charge in [-0.05, 0) is 19.1 Å². The van der Waals surface area contributed by atoms with Crippen molar-refractivity contribution < 1.29 is 9.90 Å². The molecule has 1 amide bonds. The van der Waals surface area contributed by atoms with E-state index in [9.17, 15) is 4.79 Å². The number of rotatable bonds is 3. The summed E-state index contributed by atoms with van der Waals surface area (Å²) in [4.78, 5) is 20.4. The summed E-state index contributed by atoms with van der Waals surface area (Å²) in [5, 5.41) is 14.3. The quantitative estimate of drug-likeness (QED) is 0.830. The minimum absolute atomic E-state index is 0.250. The third-order valence-electron chi connectivity index (χ3n) is 2.42. The van der Waals surface area contributed by atoms with E-state index in [2.05, 4.69) is 27.1 Å². The molecule has 0 spiro atoms. The smallest absolute Gasteiger partial charge is 0.271 e. The molecule has 0 saturated heterocycles. The van der Waals surface area contributed by atoms with Gasteiger partial charge in [-0.15, -0.1) is 11.3 Å². The van der Waals surface area contributed by atoms with Gasteiger partial charge in [0.15, 0.2) is 0 Å². The lowest BCUT2D eigenvalue weighted by atomic mass is 10.2. The molecule has 0 aromatic carbocycles. The zero-order valence-electron chi connectivity index (χ0n) is 10.9. The van der Waals surface area contributed by atoms with Gasteiger partial charge in [0.05, 0.1) is 22.8 Å². The van der Waals surface area contributed by atoms with Crippen LogP contribution in [0.15, 0.2) is 23.7 Å². The van der Waals surface area contributed by atoms with Crippen LogP contribution in [0.1, 0.15) is 26.8 Å². The van der Waals surface area contributed by atoms with Gasteiger partial charge in [0.2, 0.25) is 0 Å². The number of nitrogens with zero attached hydrogens (tertiary/aromatic N) is 2. The number of carbonyl (C=O) groups excluding carboxylic acids is 1. The van der Waals surface area contributed by atoms with Crippen molar-refractivity contribution in [2.24, 2.45) is 0 Å². The van der Waals surface area contributed by atoms with Crippen LogP contribution < -0.4 is 5.32 Å². The molecule has 0 bridgehead atoms. The van der Waals surface area contributed by atoms with Gasteiger partial charge in [0.1, 0.15) is 12.3 Å². The number of aryl methyl sites for hydroxylation is 1. The molecule has 0 radical (unpaired) electrons. The van der Waals surface area contributed by atoms with Crippen molar-refractivity contribution in [1.82, 2.24) is 15.3 Å². The summed E-state index contributed by atoms with van der Waals surface area (Å²) in [7, 11) is 0. The van der Waals surface area contributed by atoms with Gasteiger partial charge >= 0.3 is 0 Å². The molecule has 102 valence electrons. The fraction of sp³-hybridized carbons (Fsp3) is 0.214. The lowest BCUT2D eigenvalue weighted by Crippen LogP contribution is -2.24. The summed E-state index contributed by atoms with van der Waals surface area (Å²) in [6.07, 6.45) is 1.53. The Hall–Kier alpha value is -2.23. The molecule has 0 saturated carbocycles. The molecule has 2 heterocycles. The second-order valence-electron chi connectivity index (χ2n) is 3.90. The Bertz CT molecular complexity index is 670. The molecular formula is C14H13N3O2S. The highest BCUT2D eigenvalue weighted by Crippen LogP contribution is 2.08. The van der Waals surface area contributed by atoms with Crippen LogP contribution >= 0.6 is 11.3 Å². The molecule has 2 aromatic heterocycles. The molecule has 2 rings (SSSR count). The third-order valence-corrected chi connectivity index (χ3v) is 3.24. The largest absolute Gasteiger partial charge is 0.384 e. The number of aliphatic hydroxyl groups is 1. The van der Waals surface area contributed by atoms with Crippen molar-refractivity contribution in [3.63, 3.8) is 0 Å². The van der Waals surface area contributed by atoms with Gasteiger partial charge in [-0.2, -0.15) is 0 Å². The molecule has 2 N–H and O–H groups in total. The number of aliphatic hydroxyl groups excluding tert-OH is 1. The Kier molecular flexibility index (Phi) is 4.82. The molecule has 0 aliphatic rings. The Labute approximate surface area is 120 Å². The van der Waals surface area contributed by atoms with Gasteiger partial charge in [-0.25, -0.2) is 9.97 Å². The number of thiazole rings is 1. The van der Waals surface area contributed by atoms with Crippen molar-refractivity contribution in [3.8, 4) is 11.8 Å². The number of hydrogen-bond acceptors (Lipinski definition) is 5. The van der Waals surface area contributed by atoms with E-state index in [-0.39, 0.29) is 18.2 Å². The molecule has 0 unspecified atom stereocenters. The van der Waals surface area contributed by atoms with Crippen molar-refractivity contribution in [2.45, 2.75) is 13.5 Å². The van der Waals surface area contributed by atoms with Crippen molar-refractivity contribution in [3.05, 3.63) is 45.7 Å². The van der Waals surface area contributed by atoms with E-state index >= 15 is 0 Å². The first-order valence-electron chi connectivity index (χ1n) is 5.94. The van der Waals surface area contributed by atoms with E-state index < -0.39 is 0 Å². The van der Waals surface area contributed by atoms with Crippen LogP contribution in [0.2, 0.25) is 0 Å². The van der Waals surface area contributed by atoms with Crippen LogP contribution in [0.4, 0.5) is 0 Å². The normalized spacial score (nSPS) is 9.70. The fourth-order valence-electron chi connectivity index (χ4n) is 1.57. The lowest BCUT2D eigenvalue weighted by Gasteiger charge is -2.04. The monoisotopic (exact) mass is 287 g/mol. The summed E-state index contributed by atoms with van der Waals surface area (Å²) in [6, 6.07) is 3.39. The number of hydrogen-bond donors (Lipinski definition) is 2. The maximum atomic E-state index is 12.1. The van der Waals surface area contributed by atoms with E-state index in [0.717, 1.165) is 10.7 Å². The van der Waals surface area contributed by atoms with E-state index in [0.29, 0.717) is 12.1 Å². The summed E-state index contributed by atoms with van der Waals surface area (Å²) >= 11 is 1.54. The second-order valence-corrected chi connectivity index (χ2v) is 4.96. The Morgan fingerprint density at radius 3 is 3.10 bits per heavy atom. The van der Waals surface area contributed by atoms with Crippen LogP contribution in [0.3, 0.4) is 0 Å². The van der Waals surface area contributed by atoms with Crippen LogP contribution in [-0.2, 0) is 6.54 Å². The van der Waals surface area contributed by atoms with Crippen molar-refractivity contribution >= 4 is 17.2 Å². The molecule has 0 aliphatic carbocycles. The highest BCUT2D eigenvalue weighted by Gasteiger charge is 2.11.